The molecule has 0 saturated heterocycles. The van der Waals surface area contributed by atoms with Crippen LogP contribution in [0, 0.1) is 5.92 Å². The second-order valence-corrected chi connectivity index (χ2v) is 8.39. The van der Waals surface area contributed by atoms with Crippen molar-refractivity contribution < 1.29 is 10.2 Å². The highest BCUT2D eigenvalue weighted by Crippen LogP contribution is 2.40. The lowest BCUT2D eigenvalue weighted by molar-refractivity contribution is 0.322. The molecule has 0 aliphatic rings. The Hall–Kier alpha value is -0.870. The fourth-order valence-electron chi connectivity index (χ4n) is 2.94. The lowest BCUT2D eigenvalue weighted by atomic mass is 9.87. The average molecular weight is 354 g/mol. The van der Waals surface area contributed by atoms with Crippen molar-refractivity contribution >= 4 is 11.8 Å². The Labute approximate surface area is 152 Å². The molecule has 0 aliphatic heterocycles. The van der Waals surface area contributed by atoms with Crippen molar-refractivity contribution in [1.82, 2.24) is 4.90 Å². The van der Waals surface area contributed by atoms with Gasteiger partial charge in [-0.2, -0.15) is 0 Å². The van der Waals surface area contributed by atoms with Gasteiger partial charge in [-0.3, -0.25) is 0 Å². The second-order valence-electron chi connectivity index (χ2n) is 7.25. The lowest BCUT2D eigenvalue weighted by Gasteiger charge is -2.26. The van der Waals surface area contributed by atoms with E-state index in [-0.39, 0.29) is 5.92 Å². The van der Waals surface area contributed by atoms with Gasteiger partial charge >= 0.3 is 0 Å². The van der Waals surface area contributed by atoms with Crippen molar-refractivity contribution in [2.75, 3.05) is 26.4 Å². The molecule has 24 heavy (non-hydrogen) atoms. The highest BCUT2D eigenvalue weighted by Gasteiger charge is 2.22. The molecule has 0 aliphatic carbocycles. The Balaban J connectivity index is 2.74. The number of rotatable bonds is 11. The van der Waals surface area contributed by atoms with Crippen molar-refractivity contribution in [3.63, 3.8) is 0 Å². The van der Waals surface area contributed by atoms with Crippen LogP contribution in [0.25, 0.3) is 0 Å². The molecule has 1 atom stereocenters. The van der Waals surface area contributed by atoms with Gasteiger partial charge in [0.25, 0.3) is 0 Å². The topological polar surface area (TPSA) is 43.7 Å². The highest BCUT2D eigenvalue weighted by molar-refractivity contribution is 7.99. The number of hydrogen-bond acceptors (Lipinski definition) is 4. The molecule has 0 saturated carbocycles. The first kappa shape index (κ1) is 21.2. The van der Waals surface area contributed by atoms with E-state index < -0.39 is 0 Å². The first-order chi connectivity index (χ1) is 11.4. The van der Waals surface area contributed by atoms with E-state index in [1.807, 2.05) is 14.1 Å². The molecular weight excluding hydrogens is 318 g/mol. The van der Waals surface area contributed by atoms with Crippen LogP contribution < -0.4 is 0 Å². The largest absolute Gasteiger partial charge is 0.508 e. The van der Waals surface area contributed by atoms with Crippen LogP contribution in [0.2, 0.25) is 0 Å². The van der Waals surface area contributed by atoms with Crippen LogP contribution in [0.4, 0.5) is 0 Å². The number of likely N-dealkylation sites (N-methyl/N-ethyl adjacent to an activating group) is 1. The first-order valence-corrected chi connectivity index (χ1v) is 10.2. The van der Waals surface area contributed by atoms with E-state index in [1.165, 1.54) is 25.7 Å². The summed E-state index contributed by atoms with van der Waals surface area (Å²) in [5, 5.41) is 20.9. The number of aromatic hydroxyl groups is 2. The Morgan fingerprint density at radius 3 is 2.25 bits per heavy atom. The molecule has 0 radical (unpaired) electrons. The van der Waals surface area contributed by atoms with Gasteiger partial charge in [0.1, 0.15) is 11.5 Å². The maximum atomic E-state index is 10.5. The van der Waals surface area contributed by atoms with Crippen LogP contribution in [-0.4, -0.2) is 41.5 Å². The van der Waals surface area contributed by atoms with Crippen LogP contribution in [0.1, 0.15) is 64.4 Å². The number of benzene rings is 1. The van der Waals surface area contributed by atoms with Gasteiger partial charge in [0.15, 0.2) is 0 Å². The molecule has 0 heterocycles. The maximum Gasteiger partial charge on any atom is 0.129 e. The lowest BCUT2D eigenvalue weighted by Crippen LogP contribution is -2.23. The van der Waals surface area contributed by atoms with Crippen LogP contribution in [0.3, 0.4) is 0 Å². The third-order valence-electron chi connectivity index (χ3n) is 4.38. The van der Waals surface area contributed by atoms with Crippen LogP contribution in [0.15, 0.2) is 17.0 Å². The van der Waals surface area contributed by atoms with Crippen LogP contribution in [0.5, 0.6) is 11.5 Å². The molecule has 0 spiro atoms. The minimum Gasteiger partial charge on any atom is -0.508 e. The minimum atomic E-state index is 0.207. The van der Waals surface area contributed by atoms with Crippen molar-refractivity contribution in [2.24, 2.45) is 5.92 Å². The Morgan fingerprint density at radius 1 is 1.00 bits per heavy atom. The summed E-state index contributed by atoms with van der Waals surface area (Å²) in [6, 6.07) is 3.51. The summed E-state index contributed by atoms with van der Waals surface area (Å²) >= 11 is 1.64. The van der Waals surface area contributed by atoms with Gasteiger partial charge < -0.3 is 15.1 Å². The van der Waals surface area contributed by atoms with Crippen molar-refractivity contribution in [2.45, 2.75) is 63.7 Å². The fourth-order valence-corrected chi connectivity index (χ4v) is 3.91. The molecule has 0 bridgehead atoms. The van der Waals surface area contributed by atoms with Crippen LogP contribution >= 0.6 is 11.8 Å². The van der Waals surface area contributed by atoms with Gasteiger partial charge in [-0.05, 0) is 44.3 Å². The number of phenolic OH excluding ortho intramolecular Hbond substituents is 2. The summed E-state index contributed by atoms with van der Waals surface area (Å²) in [4.78, 5) is 2.92. The summed E-state index contributed by atoms with van der Waals surface area (Å²) in [6.45, 7) is 7.39. The van der Waals surface area contributed by atoms with Gasteiger partial charge in [0.2, 0.25) is 0 Å². The van der Waals surface area contributed by atoms with Crippen molar-refractivity contribution in [3.8, 4) is 11.5 Å². The molecule has 4 heteroatoms. The van der Waals surface area contributed by atoms with E-state index >= 15 is 0 Å². The molecule has 1 aromatic carbocycles. The third kappa shape index (κ3) is 6.94. The van der Waals surface area contributed by atoms with Gasteiger partial charge in [0, 0.05) is 18.0 Å². The normalized spacial score (nSPS) is 13.0. The molecule has 1 aromatic rings. The molecular formula is C20H35NO2S. The summed E-state index contributed by atoms with van der Waals surface area (Å²) < 4.78 is 0. The standard InChI is InChI=1S/C20H35NO2S/c1-6-7-8-9-10-11-24-20-13-18(22)16(12-19(20)23)17(15(2)3)14-21(4)5/h12-13,15,17,22-23H,6-11,14H2,1-5H3. The Morgan fingerprint density at radius 2 is 1.67 bits per heavy atom. The van der Waals surface area contributed by atoms with E-state index in [1.54, 1.807) is 23.9 Å². The zero-order valence-corrected chi connectivity index (χ0v) is 16.8. The summed E-state index contributed by atoms with van der Waals surface area (Å²) in [5.41, 5.74) is 0.850. The SMILES string of the molecule is CCCCCCCSc1cc(O)c(C(CN(C)C)C(C)C)cc1O. The maximum absolute atomic E-state index is 10.5. The van der Waals surface area contributed by atoms with E-state index in [0.29, 0.717) is 17.4 Å². The Bertz CT molecular complexity index is 489. The van der Waals surface area contributed by atoms with Gasteiger partial charge in [-0.15, -0.1) is 11.8 Å². The molecule has 138 valence electrons. The average Bonchev–Trinajstić information content (AvgIpc) is 2.51. The Kier molecular flexibility index (Phi) is 9.60. The third-order valence-corrected chi connectivity index (χ3v) is 5.51. The highest BCUT2D eigenvalue weighted by atomic mass is 32.2. The number of nitrogens with zero attached hydrogens (tertiary/aromatic N) is 1. The van der Waals surface area contributed by atoms with Gasteiger partial charge in [-0.25, -0.2) is 0 Å². The zero-order valence-electron chi connectivity index (χ0n) is 16.0. The summed E-state index contributed by atoms with van der Waals surface area (Å²) in [6.07, 6.45) is 6.24. The van der Waals surface area contributed by atoms with Gasteiger partial charge in [-0.1, -0.05) is 46.5 Å². The van der Waals surface area contributed by atoms with Crippen molar-refractivity contribution in [3.05, 3.63) is 17.7 Å². The molecule has 0 aromatic heterocycles. The van der Waals surface area contributed by atoms with Gasteiger partial charge in [0.05, 0.1) is 4.90 Å². The first-order valence-electron chi connectivity index (χ1n) is 9.20. The molecule has 0 amide bonds. The van der Waals surface area contributed by atoms with Crippen LogP contribution in [-0.2, 0) is 0 Å². The van der Waals surface area contributed by atoms with E-state index in [4.69, 9.17) is 0 Å². The summed E-state index contributed by atoms with van der Waals surface area (Å²) in [7, 11) is 4.07. The van der Waals surface area contributed by atoms with E-state index in [2.05, 4.69) is 25.7 Å². The number of unbranched alkanes of at least 4 members (excludes halogenated alkanes) is 4. The predicted molar refractivity (Wildman–Crippen MR) is 105 cm³/mol. The van der Waals surface area contributed by atoms with E-state index in [9.17, 15) is 10.2 Å². The molecule has 2 N–H and O–H groups in total. The quantitative estimate of drug-likeness (QED) is 0.315. The molecule has 0 fully saturated rings. The smallest absolute Gasteiger partial charge is 0.129 e. The number of hydrogen-bond donors (Lipinski definition) is 2. The minimum absolute atomic E-state index is 0.207. The second kappa shape index (κ2) is 10.9. The fraction of sp³-hybridized carbons (Fsp3) is 0.700. The van der Waals surface area contributed by atoms with E-state index in [0.717, 1.165) is 29.2 Å². The molecule has 1 unspecified atom stereocenters. The predicted octanol–water partition coefficient (Wildman–Crippen LogP) is 5.46. The molecule has 1 rings (SSSR count). The number of phenols is 2. The molecule has 3 nitrogen and oxygen atoms in total. The zero-order chi connectivity index (χ0) is 18.1. The van der Waals surface area contributed by atoms with Crippen molar-refractivity contribution in [1.29, 1.82) is 0 Å². The summed E-state index contributed by atoms with van der Waals surface area (Å²) in [5.74, 6) is 2.20. The number of thioether (sulfide) groups is 1. The monoisotopic (exact) mass is 353 g/mol.